The smallest absolute Gasteiger partial charge is 0.486 e. The monoisotopic (exact) mass is 491 g/mol. The van der Waals surface area contributed by atoms with Gasteiger partial charge in [-0.2, -0.15) is 4.52 Å². The van der Waals surface area contributed by atoms with Crippen molar-refractivity contribution in [3.8, 4) is 22.9 Å². The highest BCUT2D eigenvalue weighted by Gasteiger charge is 2.32. The lowest BCUT2D eigenvalue weighted by Crippen LogP contribution is -2.38. The van der Waals surface area contributed by atoms with E-state index in [0.29, 0.717) is 35.9 Å². The summed E-state index contributed by atoms with van der Waals surface area (Å²) in [6.45, 7) is 4.62. The van der Waals surface area contributed by atoms with Crippen LogP contribution in [0.5, 0.6) is 11.5 Å². The van der Waals surface area contributed by atoms with Crippen molar-refractivity contribution in [2.75, 3.05) is 56.2 Å². The van der Waals surface area contributed by atoms with Crippen LogP contribution in [-0.4, -0.2) is 72.6 Å². The van der Waals surface area contributed by atoms with Gasteiger partial charge in [-0.1, -0.05) is 25.0 Å². The Morgan fingerprint density at radius 1 is 1.03 bits per heavy atom. The fraction of sp³-hybridized carbons (Fsp3) is 0.522. The first-order chi connectivity index (χ1) is 16.9. The van der Waals surface area contributed by atoms with Crippen LogP contribution in [0.25, 0.3) is 17.0 Å². The maximum atomic E-state index is 12.8. The number of hydrogen-bond acceptors (Lipinski definition) is 8. The second-order valence-corrected chi connectivity index (χ2v) is 8.76. The highest BCUT2D eigenvalue weighted by Crippen LogP contribution is 2.42. The molecule has 0 atom stereocenters. The van der Waals surface area contributed by atoms with Crippen LogP contribution in [0.4, 0.5) is 24.7 Å². The number of aromatic nitrogens is 4. The highest BCUT2D eigenvalue weighted by molar-refractivity contribution is 5.82. The van der Waals surface area contributed by atoms with Crippen molar-refractivity contribution >= 4 is 17.2 Å². The zero-order chi connectivity index (χ0) is 24.4. The number of benzene rings is 1. The molecule has 0 amide bonds. The Hall–Kier alpha value is -3.28. The van der Waals surface area contributed by atoms with E-state index in [0.717, 1.165) is 50.5 Å². The molecule has 0 bridgehead atoms. The summed E-state index contributed by atoms with van der Waals surface area (Å²) in [5, 5.41) is 17.0. The highest BCUT2D eigenvalue weighted by atomic mass is 19.4. The molecule has 1 saturated heterocycles. The van der Waals surface area contributed by atoms with Crippen molar-refractivity contribution in [1.29, 1.82) is 0 Å². The molecule has 1 fully saturated rings. The van der Waals surface area contributed by atoms with Gasteiger partial charge in [0.15, 0.2) is 17.4 Å². The summed E-state index contributed by atoms with van der Waals surface area (Å²) in [5.41, 5.74) is 1.69. The van der Waals surface area contributed by atoms with E-state index in [2.05, 4.69) is 30.1 Å². The van der Waals surface area contributed by atoms with E-state index >= 15 is 0 Å². The minimum absolute atomic E-state index is 0.313. The zero-order valence-corrected chi connectivity index (χ0v) is 19.5. The van der Waals surface area contributed by atoms with Crippen LogP contribution in [0.2, 0.25) is 0 Å². The number of fused-ring (bicyclic) bond motifs is 3. The maximum absolute atomic E-state index is 12.8. The molecule has 5 rings (SSSR count). The predicted molar refractivity (Wildman–Crippen MR) is 125 cm³/mol. The molecule has 1 N–H and O–H groups in total. The number of anilines is 2. The molecule has 188 valence electrons. The van der Waals surface area contributed by atoms with Crippen molar-refractivity contribution in [2.45, 2.75) is 32.0 Å². The second kappa shape index (κ2) is 9.76. The van der Waals surface area contributed by atoms with Gasteiger partial charge in [0.25, 0.3) is 0 Å². The maximum Gasteiger partial charge on any atom is 0.573 e. The molecule has 35 heavy (non-hydrogen) atoms. The first-order valence-corrected chi connectivity index (χ1v) is 11.9. The SMILES string of the molecule is CN1CCOc2c1c(N1CCCCCCNCC1)nn1c(-c3cccc(OC(F)(F)F)c3)nnc21. The van der Waals surface area contributed by atoms with Gasteiger partial charge in [-0.25, -0.2) is 0 Å². The van der Waals surface area contributed by atoms with Crippen LogP contribution in [0.15, 0.2) is 24.3 Å². The molecule has 4 heterocycles. The van der Waals surface area contributed by atoms with Crippen LogP contribution >= 0.6 is 0 Å². The number of rotatable bonds is 3. The van der Waals surface area contributed by atoms with Crippen molar-refractivity contribution in [3.05, 3.63) is 24.3 Å². The van der Waals surface area contributed by atoms with Gasteiger partial charge in [0.05, 0.1) is 6.54 Å². The minimum atomic E-state index is -4.79. The molecule has 2 aromatic heterocycles. The topological polar surface area (TPSA) is 80.1 Å². The Kier molecular flexibility index (Phi) is 6.54. The molecule has 0 aliphatic carbocycles. The summed E-state index contributed by atoms with van der Waals surface area (Å²) in [6.07, 6.45) is -0.243. The predicted octanol–water partition coefficient (Wildman–Crippen LogP) is 3.49. The van der Waals surface area contributed by atoms with Crippen LogP contribution < -0.4 is 24.6 Å². The number of halogens is 3. The van der Waals surface area contributed by atoms with Gasteiger partial charge in [0, 0.05) is 32.2 Å². The average molecular weight is 492 g/mol. The number of alkyl halides is 3. The van der Waals surface area contributed by atoms with Gasteiger partial charge >= 0.3 is 6.36 Å². The van der Waals surface area contributed by atoms with Crippen molar-refractivity contribution in [3.63, 3.8) is 0 Å². The van der Waals surface area contributed by atoms with E-state index in [9.17, 15) is 13.2 Å². The van der Waals surface area contributed by atoms with Crippen molar-refractivity contribution < 1.29 is 22.6 Å². The Bertz CT molecular complexity index is 1170. The molecular weight excluding hydrogens is 463 g/mol. The summed E-state index contributed by atoms with van der Waals surface area (Å²) < 4.78 is 50.0. The third-order valence-electron chi connectivity index (χ3n) is 6.24. The Balaban J connectivity index is 1.61. The van der Waals surface area contributed by atoms with E-state index < -0.39 is 6.36 Å². The lowest BCUT2D eigenvalue weighted by molar-refractivity contribution is -0.274. The molecule has 12 heteroatoms. The number of nitrogens with zero attached hydrogens (tertiary/aromatic N) is 6. The van der Waals surface area contributed by atoms with Crippen molar-refractivity contribution in [2.24, 2.45) is 0 Å². The van der Waals surface area contributed by atoms with Crippen LogP contribution in [0.3, 0.4) is 0 Å². The normalized spacial score (nSPS) is 17.7. The minimum Gasteiger partial charge on any atom is -0.486 e. The number of hydrogen-bond donors (Lipinski definition) is 1. The Labute approximate surface area is 200 Å². The quantitative estimate of drug-likeness (QED) is 0.597. The van der Waals surface area contributed by atoms with Gasteiger partial charge in [-0.15, -0.1) is 28.5 Å². The third-order valence-corrected chi connectivity index (χ3v) is 6.24. The van der Waals surface area contributed by atoms with E-state index in [1.54, 1.807) is 10.6 Å². The fourth-order valence-corrected chi connectivity index (χ4v) is 4.53. The molecule has 2 aliphatic rings. The average Bonchev–Trinajstić information content (AvgIpc) is 3.25. The first-order valence-electron chi connectivity index (χ1n) is 11.9. The van der Waals surface area contributed by atoms with Crippen LogP contribution in [0.1, 0.15) is 25.7 Å². The van der Waals surface area contributed by atoms with Gasteiger partial charge in [-0.3, -0.25) is 0 Å². The molecular formula is C23H28F3N7O2. The largest absolute Gasteiger partial charge is 0.573 e. The van der Waals surface area contributed by atoms with E-state index in [1.165, 1.54) is 31.0 Å². The molecule has 0 radical (unpaired) electrons. The standard InChI is InChI=1S/C23H28F3N7O2/c1-31-13-14-34-19-18(31)21(32-11-5-3-2-4-9-27-10-12-32)30-33-20(28-29-22(19)33)16-7-6-8-17(15-16)35-23(24,25)26/h6-8,15,27H,2-5,9-14H2,1H3. The lowest BCUT2D eigenvalue weighted by atomic mass is 10.1. The molecule has 0 unspecified atom stereocenters. The molecule has 0 saturated carbocycles. The fourth-order valence-electron chi connectivity index (χ4n) is 4.53. The van der Waals surface area contributed by atoms with Gasteiger partial charge in [0.1, 0.15) is 18.0 Å². The lowest BCUT2D eigenvalue weighted by Gasteiger charge is -2.33. The summed E-state index contributed by atoms with van der Waals surface area (Å²) in [5.74, 6) is 1.31. The summed E-state index contributed by atoms with van der Waals surface area (Å²) in [7, 11) is 2.00. The van der Waals surface area contributed by atoms with Gasteiger partial charge in [-0.05, 0) is 31.5 Å². The first kappa shape index (κ1) is 23.5. The Morgan fingerprint density at radius 2 is 1.89 bits per heavy atom. The number of ether oxygens (including phenoxy) is 2. The van der Waals surface area contributed by atoms with Crippen LogP contribution in [-0.2, 0) is 0 Å². The Morgan fingerprint density at radius 3 is 2.74 bits per heavy atom. The zero-order valence-electron chi connectivity index (χ0n) is 19.5. The number of nitrogens with one attached hydrogen (secondary N) is 1. The van der Waals surface area contributed by atoms with Gasteiger partial charge < -0.3 is 24.6 Å². The molecule has 2 aliphatic heterocycles. The molecule has 1 aromatic carbocycles. The van der Waals surface area contributed by atoms with Crippen LogP contribution in [0, 0.1) is 0 Å². The number of likely N-dealkylation sites (N-methyl/N-ethyl adjacent to an activating group) is 1. The third kappa shape index (κ3) is 5.07. The van der Waals surface area contributed by atoms with Gasteiger partial charge in [0.2, 0.25) is 5.65 Å². The van der Waals surface area contributed by atoms with E-state index in [-0.39, 0.29) is 5.75 Å². The van der Waals surface area contributed by atoms with E-state index in [1.807, 2.05) is 7.05 Å². The second-order valence-electron chi connectivity index (χ2n) is 8.76. The molecule has 0 spiro atoms. The summed E-state index contributed by atoms with van der Waals surface area (Å²) >= 11 is 0. The van der Waals surface area contributed by atoms with E-state index in [4.69, 9.17) is 9.84 Å². The summed E-state index contributed by atoms with van der Waals surface area (Å²) in [6, 6.07) is 5.67. The summed E-state index contributed by atoms with van der Waals surface area (Å²) in [4.78, 5) is 4.36. The molecule has 3 aromatic rings. The van der Waals surface area contributed by atoms with Crippen molar-refractivity contribution in [1.82, 2.24) is 25.1 Å². The molecule has 9 nitrogen and oxygen atoms in total.